The first-order valence-corrected chi connectivity index (χ1v) is 11.5. The van der Waals surface area contributed by atoms with Crippen LogP contribution in [-0.2, 0) is 9.59 Å². The summed E-state index contributed by atoms with van der Waals surface area (Å²) < 4.78 is 0. The van der Waals surface area contributed by atoms with E-state index < -0.39 is 0 Å². The van der Waals surface area contributed by atoms with Crippen molar-refractivity contribution >= 4 is 29.2 Å². The van der Waals surface area contributed by atoms with E-state index in [1.54, 1.807) is 23.1 Å². The standard InChI is InChI=1S/C24H29N3O3/c28-21(14-24-11-15-7-16(12-24)9-17(8-15)13-24)25-18-3-1-4-19(10-18)27-22(29)20-5-2-6-26(20)23(27)30/h1,3-4,10,15-17,20H,2,5-9,11-14H2,(H,25,28). The van der Waals surface area contributed by atoms with Gasteiger partial charge in [0.15, 0.2) is 0 Å². The van der Waals surface area contributed by atoms with Crippen LogP contribution in [-0.4, -0.2) is 35.3 Å². The highest BCUT2D eigenvalue weighted by atomic mass is 16.2. The maximum absolute atomic E-state index is 13.0. The number of nitrogens with zero attached hydrogens (tertiary/aromatic N) is 2. The van der Waals surface area contributed by atoms with Gasteiger partial charge in [0.25, 0.3) is 5.91 Å². The summed E-state index contributed by atoms with van der Waals surface area (Å²) in [5.41, 5.74) is 1.41. The van der Waals surface area contributed by atoms with Crippen LogP contribution in [0.1, 0.15) is 57.8 Å². The molecule has 7 rings (SSSR count). The minimum absolute atomic E-state index is 0.0637. The zero-order valence-corrected chi connectivity index (χ0v) is 17.3. The Morgan fingerprint density at radius 2 is 1.77 bits per heavy atom. The van der Waals surface area contributed by atoms with Gasteiger partial charge in [-0.05, 0) is 92.7 Å². The van der Waals surface area contributed by atoms with E-state index in [1.165, 1.54) is 43.4 Å². The fourth-order valence-electron chi connectivity index (χ4n) is 7.64. The second-order valence-electron chi connectivity index (χ2n) is 10.5. The van der Waals surface area contributed by atoms with Crippen LogP contribution in [0, 0.1) is 23.2 Å². The molecule has 6 heteroatoms. The summed E-state index contributed by atoms with van der Waals surface area (Å²) in [5.74, 6) is 2.40. The Morgan fingerprint density at radius 3 is 2.43 bits per heavy atom. The first kappa shape index (κ1) is 18.4. The van der Waals surface area contributed by atoms with Crippen molar-refractivity contribution in [3.63, 3.8) is 0 Å². The fraction of sp³-hybridized carbons (Fsp3) is 0.625. The largest absolute Gasteiger partial charge is 0.332 e. The molecule has 2 aliphatic heterocycles. The van der Waals surface area contributed by atoms with Crippen LogP contribution in [0.15, 0.2) is 24.3 Å². The van der Waals surface area contributed by atoms with E-state index in [1.807, 2.05) is 6.07 Å². The summed E-state index contributed by atoms with van der Waals surface area (Å²) in [6, 6.07) is 6.63. The lowest BCUT2D eigenvalue weighted by Crippen LogP contribution is -2.47. The second kappa shape index (κ2) is 6.56. The molecule has 0 aromatic heterocycles. The summed E-state index contributed by atoms with van der Waals surface area (Å²) in [6.45, 7) is 0.646. The third-order valence-corrected chi connectivity index (χ3v) is 8.28. The first-order valence-electron chi connectivity index (χ1n) is 11.5. The lowest BCUT2D eigenvalue weighted by atomic mass is 9.49. The Kier molecular flexibility index (Phi) is 4.03. The number of nitrogens with one attached hydrogen (secondary N) is 1. The SMILES string of the molecule is O=C(CC12CC3CC(CC(C3)C1)C2)Nc1cccc(N2C(=O)C3CCCN3C2=O)c1. The molecule has 4 amide bonds. The quantitative estimate of drug-likeness (QED) is 0.762. The van der Waals surface area contributed by atoms with Crippen molar-refractivity contribution in [3.05, 3.63) is 24.3 Å². The van der Waals surface area contributed by atoms with Gasteiger partial charge < -0.3 is 10.2 Å². The minimum Gasteiger partial charge on any atom is -0.326 e. The summed E-state index contributed by atoms with van der Waals surface area (Å²) in [5, 5.41) is 3.06. The first-order chi connectivity index (χ1) is 14.5. The van der Waals surface area contributed by atoms with Gasteiger partial charge in [0.2, 0.25) is 5.91 Å². The minimum atomic E-state index is -0.313. The van der Waals surface area contributed by atoms with E-state index in [4.69, 9.17) is 0 Å². The lowest BCUT2D eigenvalue weighted by Gasteiger charge is -2.56. The van der Waals surface area contributed by atoms with Gasteiger partial charge in [-0.1, -0.05) is 6.07 Å². The molecular weight excluding hydrogens is 378 g/mol. The molecular formula is C24H29N3O3. The van der Waals surface area contributed by atoms with Crippen LogP contribution in [0.25, 0.3) is 0 Å². The second-order valence-corrected chi connectivity index (χ2v) is 10.5. The van der Waals surface area contributed by atoms with Crippen molar-refractivity contribution in [3.8, 4) is 0 Å². The van der Waals surface area contributed by atoms with Crippen LogP contribution in [0.5, 0.6) is 0 Å². The number of hydrogen-bond donors (Lipinski definition) is 1. The molecule has 6 aliphatic rings. The highest BCUT2D eigenvalue weighted by Crippen LogP contribution is 2.61. The maximum atomic E-state index is 13.0. The molecule has 0 radical (unpaired) electrons. The number of urea groups is 1. The van der Waals surface area contributed by atoms with Gasteiger partial charge in [-0.3, -0.25) is 9.59 Å². The van der Waals surface area contributed by atoms with Crippen molar-refractivity contribution in [2.75, 3.05) is 16.8 Å². The number of hydrogen-bond acceptors (Lipinski definition) is 3. The van der Waals surface area contributed by atoms with Crippen LogP contribution in [0.2, 0.25) is 0 Å². The predicted octanol–water partition coefficient (Wildman–Crippen LogP) is 4.16. The van der Waals surface area contributed by atoms with Gasteiger partial charge in [0.05, 0.1) is 5.69 Å². The van der Waals surface area contributed by atoms with Gasteiger partial charge in [0.1, 0.15) is 6.04 Å². The number of anilines is 2. The van der Waals surface area contributed by atoms with Crippen molar-refractivity contribution in [2.45, 2.75) is 63.8 Å². The Hall–Kier alpha value is -2.37. The van der Waals surface area contributed by atoms with E-state index >= 15 is 0 Å². The van der Waals surface area contributed by atoms with Crippen LogP contribution < -0.4 is 10.2 Å². The van der Waals surface area contributed by atoms with E-state index in [-0.39, 0.29) is 29.3 Å². The van der Waals surface area contributed by atoms with Gasteiger partial charge in [0, 0.05) is 18.7 Å². The molecule has 2 heterocycles. The Morgan fingerprint density at radius 1 is 1.07 bits per heavy atom. The normalized spacial score (nSPS) is 36.5. The van der Waals surface area contributed by atoms with Gasteiger partial charge >= 0.3 is 6.03 Å². The molecule has 4 aliphatic carbocycles. The lowest BCUT2D eigenvalue weighted by molar-refractivity contribution is -0.124. The Bertz CT molecular complexity index is 869. The number of amides is 4. The smallest absolute Gasteiger partial charge is 0.326 e. The molecule has 4 saturated carbocycles. The number of carbonyl (C=O) groups excluding carboxylic acids is 3. The molecule has 6 fully saturated rings. The molecule has 2 saturated heterocycles. The topological polar surface area (TPSA) is 69.7 Å². The molecule has 0 spiro atoms. The van der Waals surface area contributed by atoms with Crippen LogP contribution >= 0.6 is 0 Å². The molecule has 158 valence electrons. The summed E-state index contributed by atoms with van der Waals surface area (Å²) >= 11 is 0. The average molecular weight is 408 g/mol. The number of fused-ring (bicyclic) bond motifs is 1. The zero-order chi connectivity index (χ0) is 20.5. The van der Waals surface area contributed by atoms with Gasteiger partial charge in [-0.2, -0.15) is 0 Å². The molecule has 1 unspecified atom stereocenters. The Balaban J connectivity index is 1.16. The van der Waals surface area contributed by atoms with E-state index in [0.717, 1.165) is 30.6 Å². The van der Waals surface area contributed by atoms with Crippen molar-refractivity contribution in [2.24, 2.45) is 23.2 Å². The number of rotatable bonds is 4. The van der Waals surface area contributed by atoms with Crippen molar-refractivity contribution < 1.29 is 14.4 Å². The third-order valence-electron chi connectivity index (χ3n) is 8.28. The molecule has 1 aromatic rings. The Labute approximate surface area is 177 Å². The average Bonchev–Trinajstić information content (AvgIpc) is 3.24. The summed E-state index contributed by atoms with van der Waals surface area (Å²) in [7, 11) is 0. The van der Waals surface area contributed by atoms with Gasteiger partial charge in [-0.15, -0.1) is 0 Å². The monoisotopic (exact) mass is 407 g/mol. The highest BCUT2D eigenvalue weighted by Gasteiger charge is 2.51. The number of imide groups is 1. The molecule has 6 nitrogen and oxygen atoms in total. The molecule has 1 N–H and O–H groups in total. The van der Waals surface area contributed by atoms with Gasteiger partial charge in [-0.25, -0.2) is 9.69 Å². The van der Waals surface area contributed by atoms with Crippen LogP contribution in [0.3, 0.4) is 0 Å². The number of carbonyl (C=O) groups is 3. The van der Waals surface area contributed by atoms with E-state index in [0.29, 0.717) is 24.3 Å². The highest BCUT2D eigenvalue weighted by molar-refractivity contribution is 6.21. The predicted molar refractivity (Wildman–Crippen MR) is 113 cm³/mol. The zero-order valence-electron chi connectivity index (χ0n) is 17.3. The molecule has 4 bridgehead atoms. The molecule has 30 heavy (non-hydrogen) atoms. The van der Waals surface area contributed by atoms with E-state index in [9.17, 15) is 14.4 Å². The molecule has 1 atom stereocenters. The molecule has 1 aromatic carbocycles. The van der Waals surface area contributed by atoms with Crippen LogP contribution in [0.4, 0.5) is 16.2 Å². The third kappa shape index (κ3) is 2.87. The summed E-state index contributed by atoms with van der Waals surface area (Å²) in [6.07, 6.45) is 9.97. The maximum Gasteiger partial charge on any atom is 0.332 e. The fourth-order valence-corrected chi connectivity index (χ4v) is 7.64. The number of benzene rings is 1. The van der Waals surface area contributed by atoms with Crippen molar-refractivity contribution in [1.82, 2.24) is 4.90 Å². The van der Waals surface area contributed by atoms with Crippen molar-refractivity contribution in [1.29, 1.82) is 0 Å². The summed E-state index contributed by atoms with van der Waals surface area (Å²) in [4.78, 5) is 41.3. The van der Waals surface area contributed by atoms with E-state index in [2.05, 4.69) is 5.32 Å².